The van der Waals surface area contributed by atoms with Crippen molar-refractivity contribution in [1.82, 2.24) is 0 Å². The van der Waals surface area contributed by atoms with Crippen molar-refractivity contribution in [3.05, 3.63) is 63.2 Å². The van der Waals surface area contributed by atoms with Gasteiger partial charge in [-0.25, -0.2) is 4.79 Å². The molecule has 0 aliphatic carbocycles. The molecule has 0 atom stereocenters. The highest BCUT2D eigenvalue weighted by molar-refractivity contribution is 5.99. The third kappa shape index (κ3) is 2.91. The minimum absolute atomic E-state index is 0.0572. The van der Waals surface area contributed by atoms with Crippen molar-refractivity contribution in [3.8, 4) is 5.75 Å². The van der Waals surface area contributed by atoms with E-state index in [-0.39, 0.29) is 23.5 Å². The van der Waals surface area contributed by atoms with E-state index in [4.69, 9.17) is 4.42 Å². The molecule has 0 spiro atoms. The van der Waals surface area contributed by atoms with Gasteiger partial charge in [-0.1, -0.05) is 29.8 Å². The van der Waals surface area contributed by atoms with E-state index in [1.54, 1.807) is 0 Å². The number of aryl methyl sites for hydroxylation is 2. The molecule has 1 heterocycles. The minimum atomic E-state index is -0.797. The molecule has 1 N–H and O–H groups in total. The molecule has 2 rings (SSSR count). The van der Waals surface area contributed by atoms with Gasteiger partial charge in [0.2, 0.25) is 0 Å². The number of ketones is 1. The average molecular weight is 258 g/mol. The fourth-order valence-electron chi connectivity index (χ4n) is 1.83. The molecule has 98 valence electrons. The normalized spacial score (nSPS) is 10.4. The fraction of sp³-hybridized carbons (Fsp3) is 0.200. The van der Waals surface area contributed by atoms with E-state index < -0.39 is 11.4 Å². The summed E-state index contributed by atoms with van der Waals surface area (Å²) in [4.78, 5) is 23.6. The lowest BCUT2D eigenvalue weighted by Crippen LogP contribution is -2.16. The number of aromatic hydroxyl groups is 1. The SMILES string of the molecule is Cc1ccc(CC(=O)c2c(O)cc(C)oc2=O)cc1. The summed E-state index contributed by atoms with van der Waals surface area (Å²) in [5, 5.41) is 9.68. The van der Waals surface area contributed by atoms with Crippen LogP contribution in [0.3, 0.4) is 0 Å². The van der Waals surface area contributed by atoms with E-state index in [0.717, 1.165) is 11.1 Å². The van der Waals surface area contributed by atoms with Crippen LogP contribution in [0.25, 0.3) is 0 Å². The summed E-state index contributed by atoms with van der Waals surface area (Å²) in [5.41, 5.74) is 0.796. The zero-order chi connectivity index (χ0) is 14.0. The van der Waals surface area contributed by atoms with Crippen molar-refractivity contribution in [2.75, 3.05) is 0 Å². The Morgan fingerprint density at radius 1 is 1.21 bits per heavy atom. The molecule has 0 bridgehead atoms. The van der Waals surface area contributed by atoms with Crippen LogP contribution in [0.1, 0.15) is 27.2 Å². The van der Waals surface area contributed by atoms with Gasteiger partial charge in [0, 0.05) is 12.5 Å². The molecule has 4 heteroatoms. The second kappa shape index (κ2) is 5.10. The van der Waals surface area contributed by atoms with E-state index >= 15 is 0 Å². The molecule has 19 heavy (non-hydrogen) atoms. The first-order chi connectivity index (χ1) is 8.97. The van der Waals surface area contributed by atoms with Gasteiger partial charge in [-0.15, -0.1) is 0 Å². The second-order valence-electron chi connectivity index (χ2n) is 4.49. The van der Waals surface area contributed by atoms with Gasteiger partial charge >= 0.3 is 5.63 Å². The lowest BCUT2D eigenvalue weighted by Gasteiger charge is -2.04. The Balaban J connectivity index is 2.30. The molecule has 0 unspecified atom stereocenters. The molecule has 1 aromatic heterocycles. The van der Waals surface area contributed by atoms with Crippen molar-refractivity contribution < 1.29 is 14.3 Å². The number of rotatable bonds is 3. The third-order valence-electron chi connectivity index (χ3n) is 2.82. The predicted molar refractivity (Wildman–Crippen MR) is 70.6 cm³/mol. The van der Waals surface area contributed by atoms with Crippen molar-refractivity contribution in [3.63, 3.8) is 0 Å². The topological polar surface area (TPSA) is 67.5 Å². The van der Waals surface area contributed by atoms with Gasteiger partial charge in [-0.2, -0.15) is 0 Å². The highest BCUT2D eigenvalue weighted by atomic mass is 16.4. The maximum Gasteiger partial charge on any atom is 0.350 e. The van der Waals surface area contributed by atoms with Crippen molar-refractivity contribution in [1.29, 1.82) is 0 Å². The third-order valence-corrected chi connectivity index (χ3v) is 2.82. The predicted octanol–water partition coefficient (Wildman–Crippen LogP) is 2.39. The summed E-state index contributed by atoms with van der Waals surface area (Å²) in [6, 6.07) is 8.68. The number of hydrogen-bond acceptors (Lipinski definition) is 4. The Morgan fingerprint density at radius 3 is 2.42 bits per heavy atom. The van der Waals surface area contributed by atoms with Gasteiger partial charge < -0.3 is 9.52 Å². The molecule has 0 aliphatic rings. The van der Waals surface area contributed by atoms with Gasteiger partial charge in [0.25, 0.3) is 0 Å². The van der Waals surface area contributed by atoms with Gasteiger partial charge in [-0.05, 0) is 19.4 Å². The van der Waals surface area contributed by atoms with Crippen LogP contribution < -0.4 is 5.63 Å². The van der Waals surface area contributed by atoms with Crippen molar-refractivity contribution >= 4 is 5.78 Å². The van der Waals surface area contributed by atoms with E-state index in [1.807, 2.05) is 31.2 Å². The van der Waals surface area contributed by atoms with Crippen LogP contribution in [0, 0.1) is 13.8 Å². The van der Waals surface area contributed by atoms with Crippen LogP contribution in [0.5, 0.6) is 5.75 Å². The molecule has 0 fully saturated rings. The molecule has 0 amide bonds. The molecule has 0 saturated heterocycles. The highest BCUT2D eigenvalue weighted by Crippen LogP contribution is 2.17. The molecule has 0 saturated carbocycles. The quantitative estimate of drug-likeness (QED) is 0.858. The van der Waals surface area contributed by atoms with Crippen molar-refractivity contribution in [2.45, 2.75) is 20.3 Å². The Morgan fingerprint density at radius 2 is 1.84 bits per heavy atom. The Kier molecular flexibility index (Phi) is 3.51. The van der Waals surface area contributed by atoms with Crippen LogP contribution >= 0.6 is 0 Å². The van der Waals surface area contributed by atoms with Crippen molar-refractivity contribution in [2.24, 2.45) is 0 Å². The standard InChI is InChI=1S/C15H14O4/c1-9-3-5-11(6-4-9)8-13(17)14-12(16)7-10(2)19-15(14)18/h3-7,16H,8H2,1-2H3. The Hall–Kier alpha value is -2.36. The first-order valence-electron chi connectivity index (χ1n) is 5.90. The van der Waals surface area contributed by atoms with E-state index in [0.29, 0.717) is 0 Å². The summed E-state index contributed by atoms with van der Waals surface area (Å²) in [6.07, 6.45) is 0.0572. The molecule has 4 nitrogen and oxygen atoms in total. The molecular formula is C15H14O4. The van der Waals surface area contributed by atoms with E-state index in [2.05, 4.69) is 0 Å². The fourth-order valence-corrected chi connectivity index (χ4v) is 1.83. The summed E-state index contributed by atoms with van der Waals surface area (Å²) < 4.78 is 4.83. The Labute approximate surface area is 110 Å². The van der Waals surface area contributed by atoms with Gasteiger partial charge in [0.05, 0.1) is 0 Å². The first-order valence-corrected chi connectivity index (χ1v) is 5.90. The lowest BCUT2D eigenvalue weighted by atomic mass is 10.0. The largest absolute Gasteiger partial charge is 0.507 e. The lowest BCUT2D eigenvalue weighted by molar-refractivity contribution is 0.0986. The number of carbonyl (C=O) groups excluding carboxylic acids is 1. The summed E-state index contributed by atoms with van der Waals surface area (Å²) in [5.74, 6) is -0.504. The van der Waals surface area contributed by atoms with Gasteiger partial charge in [0.1, 0.15) is 17.1 Å². The Bertz CT molecular complexity index is 666. The van der Waals surface area contributed by atoms with Crippen LogP contribution in [-0.2, 0) is 6.42 Å². The maximum absolute atomic E-state index is 12.0. The maximum atomic E-state index is 12.0. The van der Waals surface area contributed by atoms with Crippen LogP contribution in [0.15, 0.2) is 39.5 Å². The molecule has 1 aromatic carbocycles. The molecule has 0 radical (unpaired) electrons. The zero-order valence-electron chi connectivity index (χ0n) is 10.8. The van der Waals surface area contributed by atoms with Crippen LogP contribution in [0.4, 0.5) is 0 Å². The minimum Gasteiger partial charge on any atom is -0.507 e. The van der Waals surface area contributed by atoms with Gasteiger partial charge in [0.15, 0.2) is 5.78 Å². The number of benzene rings is 1. The van der Waals surface area contributed by atoms with Crippen LogP contribution in [0.2, 0.25) is 0 Å². The monoisotopic (exact) mass is 258 g/mol. The first kappa shape index (κ1) is 13.1. The molecule has 2 aromatic rings. The smallest absolute Gasteiger partial charge is 0.350 e. The summed E-state index contributed by atoms with van der Waals surface area (Å²) in [7, 11) is 0. The number of hydrogen-bond donors (Lipinski definition) is 1. The van der Waals surface area contributed by atoms with Crippen LogP contribution in [-0.4, -0.2) is 10.9 Å². The summed E-state index contributed by atoms with van der Waals surface area (Å²) in [6.45, 7) is 3.49. The number of carbonyl (C=O) groups is 1. The highest BCUT2D eigenvalue weighted by Gasteiger charge is 2.18. The molecule has 0 aliphatic heterocycles. The molecular weight excluding hydrogens is 244 g/mol. The summed E-state index contributed by atoms with van der Waals surface area (Å²) >= 11 is 0. The van der Waals surface area contributed by atoms with E-state index in [9.17, 15) is 14.7 Å². The number of Topliss-reactive ketones (excluding diaryl/α,β-unsaturated/α-hetero) is 1. The zero-order valence-corrected chi connectivity index (χ0v) is 10.8. The average Bonchev–Trinajstić information content (AvgIpc) is 2.30. The van der Waals surface area contributed by atoms with Gasteiger partial charge in [-0.3, -0.25) is 4.79 Å². The second-order valence-corrected chi connectivity index (χ2v) is 4.49. The van der Waals surface area contributed by atoms with E-state index in [1.165, 1.54) is 13.0 Å².